The molecule has 38 heteroatoms. The normalized spacial score (nSPS) is 39.7. The van der Waals surface area contributed by atoms with Crippen LogP contribution in [0.4, 0.5) is 0 Å². The molecule has 20 N–H and O–H groups in total. The molecule has 5 saturated heterocycles. The zero-order valence-corrected chi connectivity index (χ0v) is 47.4. The van der Waals surface area contributed by atoms with Crippen molar-refractivity contribution in [2.75, 3.05) is 46.1 Å². The Balaban J connectivity index is 1.60. The Morgan fingerprint density at radius 2 is 1.10 bits per heavy atom. The van der Waals surface area contributed by atoms with Crippen molar-refractivity contribution >= 4 is 52.9 Å². The minimum Gasteiger partial charge on any atom is -0.477 e. The smallest absolute Gasteiger partial charge is 0.364 e. The number of carboxylic acid groups (broad SMARTS) is 2. The lowest BCUT2D eigenvalue weighted by Crippen LogP contribution is -2.72. The molecule has 0 aromatic heterocycles. The second kappa shape index (κ2) is 31.9. The molecule has 5 rings (SSSR count). The highest BCUT2D eigenvalue weighted by Gasteiger charge is 2.63. The predicted molar refractivity (Wildman–Crippen MR) is 276 cm³/mol. The van der Waals surface area contributed by atoms with Gasteiger partial charge in [-0.15, -0.1) is 0 Å². The lowest BCUT2D eigenvalue weighted by atomic mass is 9.87. The Hall–Kier alpha value is -4.34. The summed E-state index contributed by atoms with van der Waals surface area (Å²) in [7, 11) is 0. The van der Waals surface area contributed by atoms with Gasteiger partial charge < -0.3 is 150 Å². The van der Waals surface area contributed by atoms with Gasteiger partial charge in [-0.3, -0.25) is 19.2 Å². The first-order chi connectivity index (χ1) is 40.4. The number of rotatable bonds is 28. The van der Waals surface area contributed by atoms with Crippen LogP contribution < -0.4 is 21.3 Å². The molecule has 27 atom stereocenters. The van der Waals surface area contributed by atoms with E-state index in [1.54, 1.807) is 0 Å². The fourth-order valence-electron chi connectivity index (χ4n) is 10.4. The van der Waals surface area contributed by atoms with Gasteiger partial charge in [0.1, 0.15) is 104 Å². The Bertz CT molecular complexity index is 2330. The molecule has 0 spiro atoms. The second-order valence-electron chi connectivity index (χ2n) is 20.9. The molecule has 5 heterocycles. The van der Waals surface area contributed by atoms with Crippen molar-refractivity contribution in [1.29, 1.82) is 0 Å². The number of carboxylic acids is 2. The number of hydrogen-bond acceptors (Lipinski definition) is 32. The summed E-state index contributed by atoms with van der Waals surface area (Å²) in [6, 6.07) is -5.59. The van der Waals surface area contributed by atoms with E-state index in [1.165, 1.54) is 0 Å². The van der Waals surface area contributed by atoms with Crippen LogP contribution in [0.1, 0.15) is 47.0 Å². The van der Waals surface area contributed by atoms with Crippen molar-refractivity contribution in [3.05, 3.63) is 0 Å². The summed E-state index contributed by atoms with van der Waals surface area (Å²) >= 11 is 4.53. The number of nitrogens with zero attached hydrogens (tertiary/aromatic N) is 1. The largest absolute Gasteiger partial charge is 0.477 e. The van der Waals surface area contributed by atoms with Crippen LogP contribution in [0, 0.1) is 0 Å². The summed E-state index contributed by atoms with van der Waals surface area (Å²) in [5.41, 5.74) is 0. The van der Waals surface area contributed by atoms with Crippen LogP contribution in [0.15, 0.2) is 4.99 Å². The van der Waals surface area contributed by atoms with Crippen LogP contribution in [-0.4, -0.2) is 333 Å². The summed E-state index contributed by atoms with van der Waals surface area (Å²) in [5.74, 6) is -14.8. The SMILES string of the molecule is CC(=O)NC[C@@H](O)[C@@H](O)C1O[C@@](O[C@H](CO)[C@@H](O)C2O[C@@](O[C@@H]3C(O)[C@H](O[C@@H]4C(CO)O[C@@H](OCCCN=C=S)C(O)[C@H]4O)OC(CO)[C@@H]3O[C@@H]3OC(CO)[C@H](O)[C@H](O)C3NC(C)=O)(C(=O)O)C[C@@H](O)[C@H]2NC(C)=O)(C(=O)O)C[C@@H](O)[C@H]1NC(C)=O. The van der Waals surface area contributed by atoms with Crippen LogP contribution >= 0.6 is 12.2 Å². The predicted octanol–water partition coefficient (Wildman–Crippen LogP) is -11.4. The maximum Gasteiger partial charge on any atom is 0.364 e. The number of aliphatic imine (C=N–C) groups is 1. The first-order valence-corrected chi connectivity index (χ1v) is 27.3. The Morgan fingerprint density at radius 3 is 1.63 bits per heavy atom. The van der Waals surface area contributed by atoms with E-state index in [4.69, 9.17) is 47.4 Å². The molecule has 0 aliphatic carbocycles. The highest BCUT2D eigenvalue weighted by Crippen LogP contribution is 2.42. The Labute approximate surface area is 493 Å². The van der Waals surface area contributed by atoms with Crippen LogP contribution in [0.2, 0.25) is 0 Å². The molecule has 5 aliphatic rings. The molecule has 0 saturated carbocycles. The summed E-state index contributed by atoms with van der Waals surface area (Å²) in [6.07, 6.45) is -49.7. The van der Waals surface area contributed by atoms with Gasteiger partial charge in [-0.25, -0.2) is 14.6 Å². The summed E-state index contributed by atoms with van der Waals surface area (Å²) in [6.45, 7) is -1.64. The number of carbonyl (C=O) groups is 6. The topological polar surface area (TPSA) is 579 Å². The van der Waals surface area contributed by atoms with Gasteiger partial charge in [0.2, 0.25) is 23.6 Å². The second-order valence-corrected chi connectivity index (χ2v) is 21.1. The number of isothiocyanates is 1. The van der Waals surface area contributed by atoms with Crippen molar-refractivity contribution in [3.63, 3.8) is 0 Å². The zero-order chi connectivity index (χ0) is 64.3. The van der Waals surface area contributed by atoms with Crippen molar-refractivity contribution in [3.8, 4) is 0 Å². The number of nitrogens with one attached hydrogen (secondary N) is 4. The number of ether oxygens (including phenoxy) is 10. The molecule has 5 fully saturated rings. The maximum absolute atomic E-state index is 13.9. The highest BCUT2D eigenvalue weighted by atomic mass is 32.1. The van der Waals surface area contributed by atoms with Crippen LogP contribution in [0.5, 0.6) is 0 Å². The number of aliphatic hydroxyl groups excluding tert-OH is 14. The van der Waals surface area contributed by atoms with Gasteiger partial charge >= 0.3 is 11.9 Å². The van der Waals surface area contributed by atoms with E-state index in [2.05, 4.69) is 43.6 Å². The number of carbonyl (C=O) groups excluding carboxylic acids is 4. The van der Waals surface area contributed by atoms with Crippen molar-refractivity contribution < 1.29 is 158 Å². The van der Waals surface area contributed by atoms with Gasteiger partial charge in [0, 0.05) is 47.1 Å². The summed E-state index contributed by atoms with van der Waals surface area (Å²) in [4.78, 5) is 80.1. The fraction of sp³-hybridized carbons (Fsp3) is 0.854. The Kier molecular flexibility index (Phi) is 26.9. The number of aliphatic carboxylic acids is 2. The molecule has 4 amide bonds. The van der Waals surface area contributed by atoms with Crippen LogP contribution in [-0.2, 0) is 76.1 Å². The van der Waals surface area contributed by atoms with Gasteiger partial charge in [0.25, 0.3) is 11.6 Å². The van der Waals surface area contributed by atoms with Gasteiger partial charge in [0.05, 0.1) is 75.1 Å². The molecular formula is C48H77N5O32S. The van der Waals surface area contributed by atoms with Crippen molar-refractivity contribution in [2.45, 2.75) is 212 Å². The van der Waals surface area contributed by atoms with E-state index in [0.29, 0.717) is 0 Å². The summed E-state index contributed by atoms with van der Waals surface area (Å²) in [5, 5.41) is 190. The zero-order valence-electron chi connectivity index (χ0n) is 46.5. The first-order valence-electron chi connectivity index (χ1n) is 26.9. The molecule has 86 heavy (non-hydrogen) atoms. The van der Waals surface area contributed by atoms with E-state index < -0.39 is 246 Å². The number of amides is 4. The average Bonchev–Trinajstić information content (AvgIpc) is 0.859. The standard InChI is InChI=1S/C48H77N5O32S/c1-16(58)50-10-22(64)30(65)39-27(51-17(2)59)20(62)8-47(83-39,45(72)73)82-24(12-55)32(67)40-28(52-18(3)60)21(63)9-48(84-40,46(74)75)85-41-36(71)44(80-37-25(13-56)78-43(35(70)34(37)69)76-7-5-6-49-15-86)79-26(14-57)38(41)81-42-29(53-19(4)61)33(68)31(66)23(11-54)77-42/h20-44,54-57,62-71H,5-14H2,1-4H3,(H,50,58)(H,51,59)(H,52,60)(H,53,61)(H,72,73)(H,74,75)/t20-,21-,22-,23?,24-,25?,26?,27-,28-,29?,30-,31+,32-,33-,34-,35?,36?,37-,38+,39?,40?,41-,42+,43-,44+,47-,48+/m1/s1. The van der Waals surface area contributed by atoms with E-state index in [0.717, 1.165) is 27.7 Å². The van der Waals surface area contributed by atoms with Gasteiger partial charge in [-0.1, -0.05) is 0 Å². The van der Waals surface area contributed by atoms with Gasteiger partial charge in [-0.05, 0) is 18.6 Å². The third-order valence-electron chi connectivity index (χ3n) is 14.6. The quantitative estimate of drug-likeness (QED) is 0.0196. The molecule has 492 valence electrons. The molecule has 0 aromatic carbocycles. The molecule has 8 unspecified atom stereocenters. The monoisotopic (exact) mass is 1270 g/mol. The number of thiocarbonyl (C=S) groups is 1. The van der Waals surface area contributed by atoms with Crippen molar-refractivity contribution in [1.82, 2.24) is 21.3 Å². The Morgan fingerprint density at radius 1 is 0.605 bits per heavy atom. The average molecular weight is 1270 g/mol. The lowest BCUT2D eigenvalue weighted by molar-refractivity contribution is -0.402. The molecule has 0 aromatic rings. The molecular weight excluding hydrogens is 1190 g/mol. The highest BCUT2D eigenvalue weighted by molar-refractivity contribution is 7.78. The fourth-order valence-corrected chi connectivity index (χ4v) is 10.5. The lowest BCUT2D eigenvalue weighted by Gasteiger charge is -2.52. The van der Waals surface area contributed by atoms with Crippen LogP contribution in [0.25, 0.3) is 0 Å². The number of hydrogen-bond donors (Lipinski definition) is 20. The molecule has 37 nitrogen and oxygen atoms in total. The first kappa shape index (κ1) is 72.4. The third-order valence-corrected chi connectivity index (χ3v) is 14.7. The van der Waals surface area contributed by atoms with E-state index in [-0.39, 0.29) is 19.6 Å². The summed E-state index contributed by atoms with van der Waals surface area (Å²) < 4.78 is 58.4. The maximum atomic E-state index is 13.9. The molecule has 5 aliphatic heterocycles. The molecule has 0 bridgehead atoms. The molecule has 0 radical (unpaired) electrons. The minimum absolute atomic E-state index is 0.132. The number of aliphatic hydroxyl groups is 14. The van der Waals surface area contributed by atoms with E-state index in [9.17, 15) is 110 Å². The van der Waals surface area contributed by atoms with E-state index in [1.807, 2.05) is 0 Å². The van der Waals surface area contributed by atoms with Crippen LogP contribution in [0.3, 0.4) is 0 Å². The van der Waals surface area contributed by atoms with E-state index >= 15 is 0 Å². The third kappa shape index (κ3) is 17.1. The minimum atomic E-state index is -3.55. The van der Waals surface area contributed by atoms with Crippen molar-refractivity contribution in [2.24, 2.45) is 4.99 Å². The van der Waals surface area contributed by atoms with Gasteiger partial charge in [0.15, 0.2) is 18.9 Å². The van der Waals surface area contributed by atoms with Gasteiger partial charge in [-0.2, -0.15) is 0 Å².